The molecule has 1 N–H and O–H groups in total. The summed E-state index contributed by atoms with van der Waals surface area (Å²) in [5.41, 5.74) is 2.83. The fraction of sp³-hybridized carbons (Fsp3) is 0.935. The minimum Gasteiger partial charge on any atom is -0.393 e. The maximum Gasteiger partial charge on any atom is 0.0788 e. The van der Waals surface area contributed by atoms with Gasteiger partial charge in [0.2, 0.25) is 0 Å². The molecular formula is C31H52O2. The van der Waals surface area contributed by atoms with Crippen LogP contribution in [0.25, 0.3) is 0 Å². The Hall–Kier alpha value is -0.340. The summed E-state index contributed by atoms with van der Waals surface area (Å²) in [7, 11) is 1.94. The second-order valence-electron chi connectivity index (χ2n) is 14.4. The number of rotatable bonds is 5. The van der Waals surface area contributed by atoms with Crippen molar-refractivity contribution in [3.8, 4) is 0 Å². The van der Waals surface area contributed by atoms with Crippen molar-refractivity contribution in [2.45, 2.75) is 112 Å². The van der Waals surface area contributed by atoms with Crippen LogP contribution in [0.4, 0.5) is 0 Å². The van der Waals surface area contributed by atoms with Crippen LogP contribution < -0.4 is 0 Å². The van der Waals surface area contributed by atoms with E-state index in [-0.39, 0.29) is 17.6 Å². The average molecular weight is 457 g/mol. The molecule has 4 saturated carbocycles. The highest BCUT2D eigenvalue weighted by Crippen LogP contribution is 2.71. The van der Waals surface area contributed by atoms with Gasteiger partial charge in [-0.2, -0.15) is 0 Å². The van der Waals surface area contributed by atoms with Crippen LogP contribution in [0.3, 0.4) is 0 Å². The largest absolute Gasteiger partial charge is 0.393 e. The van der Waals surface area contributed by atoms with E-state index < -0.39 is 0 Å². The van der Waals surface area contributed by atoms with Crippen molar-refractivity contribution in [2.75, 3.05) is 7.11 Å². The fourth-order valence-corrected chi connectivity index (χ4v) is 10.5. The Morgan fingerprint density at radius 3 is 2.33 bits per heavy atom. The van der Waals surface area contributed by atoms with Crippen LogP contribution in [0, 0.1) is 63.6 Å². The summed E-state index contributed by atoms with van der Waals surface area (Å²) in [6, 6.07) is 0. The molecule has 0 saturated heterocycles. The van der Waals surface area contributed by atoms with Gasteiger partial charge in [-0.15, -0.1) is 0 Å². The normalized spacial score (nSPS) is 53.0. The van der Waals surface area contributed by atoms with Gasteiger partial charge in [-0.1, -0.05) is 60.1 Å². The second-order valence-corrected chi connectivity index (χ2v) is 14.4. The molecule has 0 aromatic heterocycles. The van der Waals surface area contributed by atoms with Gasteiger partial charge in [0.05, 0.1) is 12.2 Å². The zero-order valence-electron chi connectivity index (χ0n) is 22.9. The Bertz CT molecular complexity index is 786. The van der Waals surface area contributed by atoms with Crippen LogP contribution in [0.5, 0.6) is 0 Å². The Morgan fingerprint density at radius 2 is 1.67 bits per heavy atom. The molecule has 5 aliphatic rings. The van der Waals surface area contributed by atoms with E-state index in [1.807, 2.05) is 7.11 Å². The highest BCUT2D eigenvalue weighted by molar-refractivity contribution is 5.28. The lowest BCUT2D eigenvalue weighted by Gasteiger charge is -2.60. The smallest absolute Gasteiger partial charge is 0.0788 e. The van der Waals surface area contributed by atoms with Gasteiger partial charge in [0.15, 0.2) is 0 Å². The Balaban J connectivity index is 1.41. The molecular weight excluding hydrogens is 404 g/mol. The second kappa shape index (κ2) is 8.09. The molecule has 0 aliphatic heterocycles. The van der Waals surface area contributed by atoms with Gasteiger partial charge in [-0.25, -0.2) is 0 Å². The summed E-state index contributed by atoms with van der Waals surface area (Å²) in [4.78, 5) is 0. The summed E-state index contributed by atoms with van der Waals surface area (Å²) in [6.07, 6.45) is 12.6. The number of ether oxygens (including phenoxy) is 1. The lowest BCUT2D eigenvalue weighted by atomic mass is 9.46. The Labute approximate surface area is 204 Å². The van der Waals surface area contributed by atoms with Crippen molar-refractivity contribution in [1.82, 2.24) is 0 Å². The molecule has 4 fully saturated rings. The van der Waals surface area contributed by atoms with Gasteiger partial charge in [0.1, 0.15) is 0 Å². The van der Waals surface area contributed by atoms with Gasteiger partial charge in [0.25, 0.3) is 0 Å². The number of aliphatic hydroxyl groups is 1. The van der Waals surface area contributed by atoms with Crippen molar-refractivity contribution >= 4 is 0 Å². The van der Waals surface area contributed by atoms with E-state index in [1.165, 1.54) is 37.7 Å². The third-order valence-corrected chi connectivity index (χ3v) is 13.1. The topological polar surface area (TPSA) is 29.5 Å². The van der Waals surface area contributed by atoms with Crippen LogP contribution >= 0.6 is 0 Å². The van der Waals surface area contributed by atoms with Crippen LogP contribution in [-0.2, 0) is 4.74 Å². The van der Waals surface area contributed by atoms with E-state index in [9.17, 15) is 5.11 Å². The number of fused-ring (bicyclic) bond motifs is 5. The maximum absolute atomic E-state index is 10.4. The lowest BCUT2D eigenvalue weighted by molar-refractivity contribution is -0.107. The van der Waals surface area contributed by atoms with E-state index in [4.69, 9.17) is 4.74 Å². The number of hydrogen-bond acceptors (Lipinski definition) is 2. The van der Waals surface area contributed by atoms with E-state index in [1.54, 1.807) is 0 Å². The minimum atomic E-state index is -0.148. The summed E-state index contributed by atoms with van der Waals surface area (Å²) >= 11 is 0. The van der Waals surface area contributed by atoms with Crippen LogP contribution in [0.15, 0.2) is 11.6 Å². The van der Waals surface area contributed by atoms with Gasteiger partial charge in [0, 0.05) is 7.11 Å². The molecule has 2 heteroatoms. The molecule has 0 radical (unpaired) electrons. The van der Waals surface area contributed by atoms with E-state index in [0.29, 0.717) is 16.7 Å². The molecule has 0 amide bonds. The first-order chi connectivity index (χ1) is 15.5. The third-order valence-electron chi connectivity index (χ3n) is 13.1. The molecule has 0 unspecified atom stereocenters. The van der Waals surface area contributed by atoms with Gasteiger partial charge in [-0.3, -0.25) is 0 Å². The first kappa shape index (κ1) is 24.4. The lowest BCUT2D eigenvalue weighted by Crippen LogP contribution is -2.55. The van der Waals surface area contributed by atoms with Crippen LogP contribution in [0.2, 0.25) is 0 Å². The maximum atomic E-state index is 10.4. The number of aliphatic hydroxyl groups excluding tert-OH is 1. The van der Waals surface area contributed by atoms with Crippen molar-refractivity contribution in [3.05, 3.63) is 11.6 Å². The molecule has 0 aromatic carbocycles. The van der Waals surface area contributed by atoms with Crippen LogP contribution in [-0.4, -0.2) is 24.4 Å². The third kappa shape index (κ3) is 3.46. The Morgan fingerprint density at radius 1 is 0.939 bits per heavy atom. The first-order valence-electron chi connectivity index (χ1n) is 14.4. The standard InChI is InChI=1S/C31H52O2/c1-18(2)20(4)31(7)17-26(31)19(3)23-9-10-24-28-25(12-14-30(23,24)6)29(5)13-11-22(32)15-21(29)16-27(28)33-8/h16,18-20,22-28,32H,9-15,17H2,1-8H3/t19-,20+,22-,23+,24-,25-,26+,27+,28-,29-,30+,31+/m0/s1. The molecule has 0 aromatic rings. The predicted octanol–water partition coefficient (Wildman–Crippen LogP) is 7.51. The van der Waals surface area contributed by atoms with Crippen molar-refractivity contribution in [3.63, 3.8) is 0 Å². The summed E-state index contributed by atoms with van der Waals surface area (Å²) in [5.74, 6) is 6.44. The quantitative estimate of drug-likeness (QED) is 0.434. The zero-order valence-corrected chi connectivity index (χ0v) is 22.9. The highest BCUT2D eigenvalue weighted by Gasteiger charge is 2.64. The molecule has 33 heavy (non-hydrogen) atoms. The van der Waals surface area contributed by atoms with Crippen molar-refractivity contribution in [2.24, 2.45) is 63.6 Å². The number of hydrogen-bond donors (Lipinski definition) is 1. The Kier molecular flexibility index (Phi) is 5.97. The molecule has 2 nitrogen and oxygen atoms in total. The van der Waals surface area contributed by atoms with Gasteiger partial charge >= 0.3 is 0 Å². The highest BCUT2D eigenvalue weighted by atomic mass is 16.5. The summed E-state index contributed by atoms with van der Waals surface area (Å²) in [5, 5.41) is 10.4. The van der Waals surface area contributed by atoms with Crippen molar-refractivity contribution < 1.29 is 9.84 Å². The van der Waals surface area contributed by atoms with Gasteiger partial charge < -0.3 is 9.84 Å². The molecule has 0 spiro atoms. The first-order valence-corrected chi connectivity index (χ1v) is 14.4. The number of methoxy groups -OCH3 is 1. The average Bonchev–Trinajstić information content (AvgIpc) is 3.34. The molecule has 0 heterocycles. The SMILES string of the molecule is CO[C@@H]1C=C2C[C@@H](O)CC[C@]2(C)[C@H]2CC[C@]3(C)[C@@H]([C@H](C)[C@H]4C[C@]4(C)[C@H](C)C(C)C)CC[C@H]3[C@H]12. The molecule has 188 valence electrons. The molecule has 12 atom stereocenters. The van der Waals surface area contributed by atoms with E-state index >= 15 is 0 Å². The minimum absolute atomic E-state index is 0.148. The fourth-order valence-electron chi connectivity index (χ4n) is 10.5. The molecule has 5 aliphatic carbocycles. The monoisotopic (exact) mass is 456 g/mol. The summed E-state index contributed by atoms with van der Waals surface area (Å²) in [6.45, 7) is 17.8. The predicted molar refractivity (Wildman–Crippen MR) is 137 cm³/mol. The molecule has 0 bridgehead atoms. The van der Waals surface area contributed by atoms with E-state index in [2.05, 4.69) is 54.5 Å². The summed E-state index contributed by atoms with van der Waals surface area (Å²) < 4.78 is 6.23. The van der Waals surface area contributed by atoms with Crippen LogP contribution in [0.1, 0.15) is 99.8 Å². The van der Waals surface area contributed by atoms with E-state index in [0.717, 1.165) is 60.7 Å². The molecule has 5 rings (SSSR count). The zero-order chi connectivity index (χ0) is 23.9. The van der Waals surface area contributed by atoms with Gasteiger partial charge in [-0.05, 0) is 115 Å². The van der Waals surface area contributed by atoms with Crippen molar-refractivity contribution in [1.29, 1.82) is 0 Å².